The number of thioether (sulfide) groups is 1. The Labute approximate surface area is 171 Å². The van der Waals surface area contributed by atoms with Gasteiger partial charge in [0.15, 0.2) is 0 Å². The zero-order chi connectivity index (χ0) is 20.7. The van der Waals surface area contributed by atoms with Crippen molar-refractivity contribution in [1.29, 1.82) is 0 Å². The van der Waals surface area contributed by atoms with Gasteiger partial charge in [-0.05, 0) is 48.9 Å². The standard InChI is InChI=1S/C20H26N2O4S2/c1-5-22(6-2)28(24,25)19-13-16(8-7-15(19)3)21-20(23)14-27-18-11-9-17(26-4)10-12-18/h7-13H,5-6,14H2,1-4H3,(H,21,23). The van der Waals surface area contributed by atoms with Gasteiger partial charge >= 0.3 is 0 Å². The summed E-state index contributed by atoms with van der Waals surface area (Å²) < 4.78 is 32.1. The summed E-state index contributed by atoms with van der Waals surface area (Å²) in [7, 11) is -1.98. The summed E-state index contributed by atoms with van der Waals surface area (Å²) in [5, 5.41) is 2.78. The molecular weight excluding hydrogens is 396 g/mol. The topological polar surface area (TPSA) is 75.7 Å². The number of carbonyl (C=O) groups is 1. The molecule has 8 heteroatoms. The van der Waals surface area contributed by atoms with E-state index < -0.39 is 10.0 Å². The molecule has 28 heavy (non-hydrogen) atoms. The number of ether oxygens (including phenoxy) is 1. The quantitative estimate of drug-likeness (QED) is 0.623. The highest BCUT2D eigenvalue weighted by Crippen LogP contribution is 2.25. The minimum Gasteiger partial charge on any atom is -0.497 e. The van der Waals surface area contributed by atoms with E-state index in [0.29, 0.717) is 24.3 Å². The van der Waals surface area contributed by atoms with E-state index in [2.05, 4.69) is 5.32 Å². The largest absolute Gasteiger partial charge is 0.497 e. The summed E-state index contributed by atoms with van der Waals surface area (Å²) in [6.45, 7) is 6.15. The lowest BCUT2D eigenvalue weighted by Gasteiger charge is -2.20. The number of methoxy groups -OCH3 is 1. The number of hydrogen-bond acceptors (Lipinski definition) is 5. The van der Waals surface area contributed by atoms with Gasteiger partial charge in [0.1, 0.15) is 5.75 Å². The number of amides is 1. The van der Waals surface area contributed by atoms with Crippen molar-refractivity contribution in [2.75, 3.05) is 31.3 Å². The van der Waals surface area contributed by atoms with Crippen LogP contribution in [0.4, 0.5) is 5.69 Å². The second kappa shape index (κ2) is 9.95. The maximum Gasteiger partial charge on any atom is 0.243 e. The van der Waals surface area contributed by atoms with Gasteiger partial charge in [-0.15, -0.1) is 11.8 Å². The van der Waals surface area contributed by atoms with Crippen molar-refractivity contribution in [2.45, 2.75) is 30.6 Å². The molecule has 0 heterocycles. The third kappa shape index (κ3) is 5.50. The number of nitrogens with one attached hydrogen (secondary N) is 1. The van der Waals surface area contributed by atoms with Crippen LogP contribution in [0, 0.1) is 6.92 Å². The van der Waals surface area contributed by atoms with E-state index in [-0.39, 0.29) is 16.6 Å². The first-order valence-corrected chi connectivity index (χ1v) is 11.4. The summed E-state index contributed by atoms with van der Waals surface area (Å²) >= 11 is 1.40. The Morgan fingerprint density at radius 2 is 1.75 bits per heavy atom. The number of sulfonamides is 1. The Bertz CT molecular complexity index is 908. The molecule has 0 bridgehead atoms. The lowest BCUT2D eigenvalue weighted by Crippen LogP contribution is -2.31. The molecular formula is C20H26N2O4S2. The van der Waals surface area contributed by atoms with Crippen LogP contribution < -0.4 is 10.1 Å². The SMILES string of the molecule is CCN(CC)S(=O)(=O)c1cc(NC(=O)CSc2ccc(OC)cc2)ccc1C. The molecule has 152 valence electrons. The molecule has 0 unspecified atom stereocenters. The molecule has 0 aromatic heterocycles. The van der Waals surface area contributed by atoms with Crippen molar-refractivity contribution < 1.29 is 17.9 Å². The van der Waals surface area contributed by atoms with Gasteiger partial charge in [-0.1, -0.05) is 19.9 Å². The van der Waals surface area contributed by atoms with E-state index >= 15 is 0 Å². The fourth-order valence-electron chi connectivity index (χ4n) is 2.68. The predicted molar refractivity (Wildman–Crippen MR) is 114 cm³/mol. The van der Waals surface area contributed by atoms with Crippen LogP contribution in [0.1, 0.15) is 19.4 Å². The lowest BCUT2D eigenvalue weighted by atomic mass is 10.2. The van der Waals surface area contributed by atoms with Crippen LogP contribution in [0.5, 0.6) is 5.75 Å². The maximum atomic E-state index is 12.8. The molecule has 0 saturated carbocycles. The van der Waals surface area contributed by atoms with Gasteiger partial charge in [-0.3, -0.25) is 4.79 Å². The lowest BCUT2D eigenvalue weighted by molar-refractivity contribution is -0.113. The van der Waals surface area contributed by atoms with Crippen molar-refractivity contribution in [3.63, 3.8) is 0 Å². The van der Waals surface area contributed by atoms with Crippen molar-refractivity contribution >= 4 is 33.4 Å². The predicted octanol–water partition coefficient (Wildman–Crippen LogP) is 3.76. The van der Waals surface area contributed by atoms with Crippen LogP contribution in [0.15, 0.2) is 52.3 Å². The molecule has 0 spiro atoms. The van der Waals surface area contributed by atoms with Crippen LogP contribution in [-0.4, -0.2) is 44.6 Å². The number of carbonyl (C=O) groups excluding carboxylic acids is 1. The minimum atomic E-state index is -3.59. The van der Waals surface area contributed by atoms with Crippen molar-refractivity contribution in [3.8, 4) is 5.75 Å². The molecule has 2 rings (SSSR count). The zero-order valence-corrected chi connectivity index (χ0v) is 18.2. The Hall–Kier alpha value is -2.03. The van der Waals surface area contributed by atoms with E-state index in [1.807, 2.05) is 24.3 Å². The molecule has 2 aromatic carbocycles. The molecule has 0 radical (unpaired) electrons. The first-order chi connectivity index (χ1) is 13.3. The molecule has 0 aliphatic carbocycles. The summed E-state index contributed by atoms with van der Waals surface area (Å²) in [6.07, 6.45) is 0. The molecule has 1 amide bonds. The van der Waals surface area contributed by atoms with Gasteiger partial charge in [0.25, 0.3) is 0 Å². The highest BCUT2D eigenvalue weighted by molar-refractivity contribution is 8.00. The smallest absolute Gasteiger partial charge is 0.243 e. The van der Waals surface area contributed by atoms with Crippen molar-refractivity contribution in [3.05, 3.63) is 48.0 Å². The first-order valence-electron chi connectivity index (χ1n) is 8.99. The second-order valence-electron chi connectivity index (χ2n) is 6.08. The fraction of sp³-hybridized carbons (Fsp3) is 0.350. The molecule has 1 N–H and O–H groups in total. The molecule has 0 aliphatic heterocycles. The summed E-state index contributed by atoms with van der Waals surface area (Å²) in [4.78, 5) is 13.5. The third-order valence-electron chi connectivity index (χ3n) is 4.22. The summed E-state index contributed by atoms with van der Waals surface area (Å²) in [5.74, 6) is 0.782. The van der Waals surface area contributed by atoms with Gasteiger partial charge in [0.05, 0.1) is 17.8 Å². The number of nitrogens with zero attached hydrogens (tertiary/aromatic N) is 1. The van der Waals surface area contributed by atoms with Crippen LogP contribution >= 0.6 is 11.8 Å². The number of hydrogen-bond donors (Lipinski definition) is 1. The molecule has 0 saturated heterocycles. The van der Waals surface area contributed by atoms with E-state index in [1.54, 1.807) is 40.0 Å². The van der Waals surface area contributed by atoms with Gasteiger partial charge < -0.3 is 10.1 Å². The maximum absolute atomic E-state index is 12.8. The van der Waals surface area contributed by atoms with Crippen molar-refractivity contribution in [2.24, 2.45) is 0 Å². The Morgan fingerprint density at radius 1 is 1.11 bits per heavy atom. The highest BCUT2D eigenvalue weighted by Gasteiger charge is 2.24. The highest BCUT2D eigenvalue weighted by atomic mass is 32.2. The molecule has 2 aromatic rings. The van der Waals surface area contributed by atoms with Crippen LogP contribution in [0.25, 0.3) is 0 Å². The first kappa shape index (κ1) is 22.3. The van der Waals surface area contributed by atoms with E-state index in [1.165, 1.54) is 22.1 Å². The number of rotatable bonds is 9. The van der Waals surface area contributed by atoms with E-state index in [4.69, 9.17) is 4.74 Å². The molecule has 0 aliphatic rings. The van der Waals surface area contributed by atoms with Gasteiger partial charge in [-0.2, -0.15) is 4.31 Å². The number of anilines is 1. The third-order valence-corrected chi connectivity index (χ3v) is 7.43. The Balaban J connectivity index is 2.08. The number of aryl methyl sites for hydroxylation is 1. The average Bonchev–Trinajstić information content (AvgIpc) is 2.69. The Morgan fingerprint density at radius 3 is 2.32 bits per heavy atom. The van der Waals surface area contributed by atoms with E-state index in [9.17, 15) is 13.2 Å². The molecule has 0 atom stereocenters. The normalized spacial score (nSPS) is 11.5. The number of benzene rings is 2. The molecule has 6 nitrogen and oxygen atoms in total. The van der Waals surface area contributed by atoms with E-state index in [0.717, 1.165) is 10.6 Å². The summed E-state index contributed by atoms with van der Waals surface area (Å²) in [5.41, 5.74) is 1.12. The Kier molecular flexibility index (Phi) is 7.91. The van der Waals surface area contributed by atoms with Crippen LogP contribution in [0.3, 0.4) is 0 Å². The summed E-state index contributed by atoms with van der Waals surface area (Å²) in [6, 6.07) is 12.4. The van der Waals surface area contributed by atoms with Crippen LogP contribution in [-0.2, 0) is 14.8 Å². The van der Waals surface area contributed by atoms with Crippen LogP contribution in [0.2, 0.25) is 0 Å². The fourth-order valence-corrected chi connectivity index (χ4v) is 5.08. The zero-order valence-electron chi connectivity index (χ0n) is 16.6. The second-order valence-corrected chi connectivity index (χ2v) is 9.04. The van der Waals surface area contributed by atoms with Gasteiger partial charge in [-0.25, -0.2) is 8.42 Å². The minimum absolute atomic E-state index is 0.198. The van der Waals surface area contributed by atoms with Gasteiger partial charge in [0.2, 0.25) is 15.9 Å². The average molecular weight is 423 g/mol. The van der Waals surface area contributed by atoms with Crippen molar-refractivity contribution in [1.82, 2.24) is 4.31 Å². The van der Waals surface area contributed by atoms with Gasteiger partial charge in [0, 0.05) is 23.7 Å². The molecule has 0 fully saturated rings. The monoisotopic (exact) mass is 422 g/mol.